The maximum absolute atomic E-state index is 12.7. The van der Waals surface area contributed by atoms with Crippen LogP contribution in [0.2, 0.25) is 5.02 Å². The minimum atomic E-state index is -3.51. The van der Waals surface area contributed by atoms with Crippen molar-refractivity contribution in [1.82, 2.24) is 14.3 Å². The number of hydrogen-bond acceptors (Lipinski definition) is 6. The number of carbonyl (C=O) groups excluding carboxylic acids is 1. The van der Waals surface area contributed by atoms with Crippen LogP contribution in [0.5, 0.6) is 0 Å². The Morgan fingerprint density at radius 3 is 2.45 bits per heavy atom. The molecule has 0 unspecified atom stereocenters. The Labute approximate surface area is 180 Å². The number of nitrogens with one attached hydrogen (secondary N) is 1. The van der Waals surface area contributed by atoms with Gasteiger partial charge in [-0.15, -0.1) is 0 Å². The Morgan fingerprint density at radius 1 is 1.17 bits per heavy atom. The number of aromatic nitrogens is 2. The summed E-state index contributed by atoms with van der Waals surface area (Å²) in [7, 11) is -3.51. The molecule has 7 nitrogen and oxygen atoms in total. The first-order valence-corrected chi connectivity index (χ1v) is 12.1. The summed E-state index contributed by atoms with van der Waals surface area (Å²) in [5, 5.41) is 3.59. The highest BCUT2D eigenvalue weighted by Crippen LogP contribution is 2.24. The van der Waals surface area contributed by atoms with Crippen molar-refractivity contribution >= 4 is 45.0 Å². The number of rotatable bonds is 6. The predicted octanol–water partition coefficient (Wildman–Crippen LogP) is 4.06. The third kappa shape index (κ3) is 5.48. The fraction of sp³-hybridized carbons (Fsp3) is 0.421. The molecule has 0 aliphatic carbocycles. The number of thioether (sulfide) groups is 1. The maximum atomic E-state index is 12.7. The number of anilines is 1. The molecule has 0 spiro atoms. The van der Waals surface area contributed by atoms with E-state index in [0.29, 0.717) is 23.9 Å². The highest BCUT2D eigenvalue weighted by atomic mass is 35.5. The SMILES string of the molecule is CC(C)Sc1ncc(Cl)c(C(=O)Nc2ccc(S(=O)(=O)N3CCCCC3)cc2)n1. The lowest BCUT2D eigenvalue weighted by Crippen LogP contribution is -2.35. The van der Waals surface area contributed by atoms with Gasteiger partial charge in [-0.1, -0.05) is 43.6 Å². The molecule has 3 rings (SSSR count). The van der Waals surface area contributed by atoms with Crippen molar-refractivity contribution in [1.29, 1.82) is 0 Å². The molecular weight excluding hydrogens is 432 g/mol. The Morgan fingerprint density at radius 2 is 1.83 bits per heavy atom. The number of piperidine rings is 1. The van der Waals surface area contributed by atoms with Crippen LogP contribution in [0.4, 0.5) is 5.69 Å². The van der Waals surface area contributed by atoms with Crippen LogP contribution in [-0.2, 0) is 10.0 Å². The van der Waals surface area contributed by atoms with E-state index < -0.39 is 15.9 Å². The van der Waals surface area contributed by atoms with Gasteiger partial charge in [0.05, 0.1) is 16.1 Å². The summed E-state index contributed by atoms with van der Waals surface area (Å²) in [6, 6.07) is 6.13. The van der Waals surface area contributed by atoms with E-state index in [1.54, 1.807) is 12.1 Å². The molecule has 156 valence electrons. The van der Waals surface area contributed by atoms with Crippen LogP contribution >= 0.6 is 23.4 Å². The topological polar surface area (TPSA) is 92.3 Å². The number of carbonyl (C=O) groups is 1. The van der Waals surface area contributed by atoms with E-state index in [2.05, 4.69) is 15.3 Å². The third-order valence-corrected chi connectivity index (χ3v) is 7.41. The maximum Gasteiger partial charge on any atom is 0.275 e. The van der Waals surface area contributed by atoms with E-state index in [1.165, 1.54) is 34.4 Å². The second-order valence-electron chi connectivity index (χ2n) is 6.96. The Bertz CT molecular complexity index is 975. The fourth-order valence-corrected chi connectivity index (χ4v) is 5.31. The zero-order valence-corrected chi connectivity index (χ0v) is 18.6. The molecule has 0 bridgehead atoms. The van der Waals surface area contributed by atoms with Gasteiger partial charge in [0, 0.05) is 24.0 Å². The molecule has 0 saturated carbocycles. The van der Waals surface area contributed by atoms with Crippen molar-refractivity contribution in [3.63, 3.8) is 0 Å². The second kappa shape index (κ2) is 9.42. The van der Waals surface area contributed by atoms with Crippen molar-refractivity contribution in [3.05, 3.63) is 41.2 Å². The quantitative estimate of drug-likeness (QED) is 0.522. The van der Waals surface area contributed by atoms with E-state index in [-0.39, 0.29) is 20.9 Å². The summed E-state index contributed by atoms with van der Waals surface area (Å²) in [4.78, 5) is 21.1. The normalized spacial score (nSPS) is 15.4. The van der Waals surface area contributed by atoms with Crippen LogP contribution in [0.25, 0.3) is 0 Å². The lowest BCUT2D eigenvalue weighted by atomic mass is 10.2. The highest BCUT2D eigenvalue weighted by Gasteiger charge is 2.25. The number of hydrogen-bond donors (Lipinski definition) is 1. The standard InChI is InChI=1S/C19H23ClN4O3S2/c1-13(2)28-19-21-12-16(20)17(23-19)18(25)22-14-6-8-15(9-7-14)29(26,27)24-10-4-3-5-11-24/h6-9,12-13H,3-5,10-11H2,1-2H3,(H,22,25). The lowest BCUT2D eigenvalue weighted by Gasteiger charge is -2.25. The Balaban J connectivity index is 1.73. The molecular formula is C19H23ClN4O3S2. The van der Waals surface area contributed by atoms with Gasteiger partial charge < -0.3 is 5.32 Å². The molecule has 1 aliphatic heterocycles. The predicted molar refractivity (Wildman–Crippen MR) is 115 cm³/mol. The molecule has 10 heteroatoms. The molecule has 29 heavy (non-hydrogen) atoms. The smallest absolute Gasteiger partial charge is 0.275 e. The first-order valence-electron chi connectivity index (χ1n) is 9.38. The summed E-state index contributed by atoms with van der Waals surface area (Å²) in [6.07, 6.45) is 4.22. The van der Waals surface area contributed by atoms with Crippen LogP contribution in [-0.4, -0.2) is 46.9 Å². The summed E-state index contributed by atoms with van der Waals surface area (Å²) in [5.41, 5.74) is 0.537. The highest BCUT2D eigenvalue weighted by molar-refractivity contribution is 7.99. The summed E-state index contributed by atoms with van der Waals surface area (Å²) in [5.74, 6) is -0.477. The minimum Gasteiger partial charge on any atom is -0.321 e. The second-order valence-corrected chi connectivity index (χ2v) is 10.8. The van der Waals surface area contributed by atoms with Crippen LogP contribution in [0.1, 0.15) is 43.6 Å². The molecule has 2 aromatic rings. The van der Waals surface area contributed by atoms with Crippen LogP contribution in [0.3, 0.4) is 0 Å². The van der Waals surface area contributed by atoms with Crippen molar-refractivity contribution in [3.8, 4) is 0 Å². The van der Waals surface area contributed by atoms with Gasteiger partial charge in [0.25, 0.3) is 5.91 Å². The molecule has 2 heterocycles. The van der Waals surface area contributed by atoms with Gasteiger partial charge in [-0.05, 0) is 37.1 Å². The first-order chi connectivity index (χ1) is 13.8. The zero-order chi connectivity index (χ0) is 21.0. The van der Waals surface area contributed by atoms with Gasteiger partial charge >= 0.3 is 0 Å². The molecule has 0 radical (unpaired) electrons. The van der Waals surface area contributed by atoms with Crippen molar-refractivity contribution in [2.45, 2.75) is 48.4 Å². The van der Waals surface area contributed by atoms with Crippen LogP contribution in [0.15, 0.2) is 40.5 Å². The van der Waals surface area contributed by atoms with Gasteiger partial charge in [0.1, 0.15) is 0 Å². The fourth-order valence-electron chi connectivity index (χ4n) is 2.93. The third-order valence-electron chi connectivity index (χ3n) is 4.34. The van der Waals surface area contributed by atoms with Crippen LogP contribution in [0, 0.1) is 0 Å². The van der Waals surface area contributed by atoms with Gasteiger partial charge in [-0.2, -0.15) is 4.31 Å². The number of amides is 1. The summed E-state index contributed by atoms with van der Waals surface area (Å²) in [6.45, 7) is 5.09. The van der Waals surface area contributed by atoms with E-state index in [9.17, 15) is 13.2 Å². The van der Waals surface area contributed by atoms with Gasteiger partial charge in [0.15, 0.2) is 10.9 Å². The Kier molecular flexibility index (Phi) is 7.15. The number of benzene rings is 1. The largest absolute Gasteiger partial charge is 0.321 e. The average Bonchev–Trinajstić information content (AvgIpc) is 2.70. The Hall–Kier alpha value is -1.68. The van der Waals surface area contributed by atoms with E-state index in [1.807, 2.05) is 13.8 Å². The average molecular weight is 455 g/mol. The molecule has 1 aliphatic rings. The van der Waals surface area contributed by atoms with E-state index in [0.717, 1.165) is 19.3 Å². The summed E-state index contributed by atoms with van der Waals surface area (Å²) < 4.78 is 26.9. The van der Waals surface area contributed by atoms with E-state index >= 15 is 0 Å². The first kappa shape index (κ1) is 22.0. The monoisotopic (exact) mass is 454 g/mol. The molecule has 1 saturated heterocycles. The van der Waals surface area contributed by atoms with Gasteiger partial charge in [-0.3, -0.25) is 4.79 Å². The zero-order valence-electron chi connectivity index (χ0n) is 16.3. The molecule has 1 aromatic heterocycles. The molecule has 1 aromatic carbocycles. The van der Waals surface area contributed by atoms with Crippen LogP contribution < -0.4 is 5.32 Å². The molecule has 1 fully saturated rings. The lowest BCUT2D eigenvalue weighted by molar-refractivity contribution is 0.102. The van der Waals surface area contributed by atoms with Crippen molar-refractivity contribution < 1.29 is 13.2 Å². The number of sulfonamides is 1. The van der Waals surface area contributed by atoms with Gasteiger partial charge in [-0.25, -0.2) is 18.4 Å². The molecule has 1 amide bonds. The minimum absolute atomic E-state index is 0.0785. The molecule has 1 N–H and O–H groups in total. The molecule has 0 atom stereocenters. The van der Waals surface area contributed by atoms with Crippen molar-refractivity contribution in [2.75, 3.05) is 18.4 Å². The summed E-state index contributed by atoms with van der Waals surface area (Å²) >= 11 is 7.52. The van der Waals surface area contributed by atoms with Gasteiger partial charge in [0.2, 0.25) is 10.0 Å². The number of nitrogens with zero attached hydrogens (tertiary/aromatic N) is 3. The van der Waals surface area contributed by atoms with Crippen molar-refractivity contribution in [2.24, 2.45) is 0 Å². The van der Waals surface area contributed by atoms with E-state index in [4.69, 9.17) is 11.6 Å². The number of halogens is 1.